The topological polar surface area (TPSA) is 83.1 Å². The molecule has 1 aromatic heterocycles. The van der Waals surface area contributed by atoms with Crippen molar-refractivity contribution in [3.05, 3.63) is 58.9 Å². The molecule has 2 aromatic carbocycles. The largest absolute Gasteiger partial charge is 0.352 e. The number of amides is 2. The minimum Gasteiger partial charge on any atom is -0.352 e. The summed E-state index contributed by atoms with van der Waals surface area (Å²) >= 11 is 7.04. The highest BCUT2D eigenvalue weighted by atomic mass is 35.5. The maximum absolute atomic E-state index is 13.6. The number of anilines is 1. The lowest BCUT2D eigenvalue weighted by molar-refractivity contribution is -0.120. The number of halogens is 2. The molecule has 0 saturated heterocycles. The van der Waals surface area contributed by atoms with Crippen LogP contribution in [0.5, 0.6) is 0 Å². The second-order valence-electron chi connectivity index (χ2n) is 4.97. The van der Waals surface area contributed by atoms with E-state index in [-0.39, 0.29) is 17.1 Å². The first kappa shape index (κ1) is 17.1. The fourth-order valence-electron chi connectivity index (χ4n) is 2.02. The van der Waals surface area contributed by atoms with Crippen molar-refractivity contribution in [2.75, 3.05) is 11.9 Å². The van der Waals surface area contributed by atoms with E-state index in [0.29, 0.717) is 5.13 Å². The van der Waals surface area contributed by atoms with Gasteiger partial charge in [0.15, 0.2) is 5.13 Å². The molecule has 0 bridgehead atoms. The van der Waals surface area contributed by atoms with Gasteiger partial charge < -0.3 is 5.32 Å². The first-order valence-electron chi connectivity index (χ1n) is 7.16. The van der Waals surface area contributed by atoms with Gasteiger partial charge in [-0.15, -0.1) is 0 Å². The van der Waals surface area contributed by atoms with Gasteiger partial charge in [0, 0.05) is 5.02 Å². The second-order valence-corrected chi connectivity index (χ2v) is 6.43. The highest BCUT2D eigenvalue weighted by Gasteiger charge is 2.13. The molecule has 0 aliphatic heterocycles. The number of nitrogens with one attached hydrogen (secondary N) is 3. The number of nitrogens with zero attached hydrogens (tertiary/aromatic N) is 1. The molecule has 3 rings (SSSR count). The summed E-state index contributed by atoms with van der Waals surface area (Å²) in [7, 11) is 0. The van der Waals surface area contributed by atoms with Crippen LogP contribution in [-0.2, 0) is 4.79 Å². The molecule has 0 aliphatic rings. The van der Waals surface area contributed by atoms with E-state index < -0.39 is 17.6 Å². The normalized spacial score (nSPS) is 10.5. The number of fused-ring (bicyclic) bond motifs is 1. The van der Waals surface area contributed by atoms with Crippen molar-refractivity contribution in [1.82, 2.24) is 15.8 Å². The van der Waals surface area contributed by atoms with E-state index in [9.17, 15) is 14.0 Å². The Bertz CT molecular complexity index is 914. The molecular formula is C16H12ClFN4O2S. The Balaban J connectivity index is 1.51. The third-order valence-electron chi connectivity index (χ3n) is 3.19. The molecule has 9 heteroatoms. The Morgan fingerprint density at radius 3 is 2.72 bits per heavy atom. The zero-order valence-corrected chi connectivity index (χ0v) is 14.2. The van der Waals surface area contributed by atoms with Crippen molar-refractivity contribution in [3.8, 4) is 0 Å². The zero-order chi connectivity index (χ0) is 17.8. The number of para-hydroxylation sites is 1. The maximum atomic E-state index is 13.6. The van der Waals surface area contributed by atoms with Crippen LogP contribution >= 0.6 is 22.9 Å². The lowest BCUT2D eigenvalue weighted by Gasteiger charge is -2.08. The summed E-state index contributed by atoms with van der Waals surface area (Å²) in [6, 6.07) is 11.2. The van der Waals surface area contributed by atoms with Gasteiger partial charge in [-0.3, -0.25) is 20.4 Å². The molecule has 0 spiro atoms. The molecule has 3 N–H and O–H groups in total. The molecule has 0 atom stereocenters. The molecule has 2 amide bonds. The number of hydrazine groups is 1. The number of thiazole rings is 1. The zero-order valence-electron chi connectivity index (χ0n) is 12.7. The summed E-state index contributed by atoms with van der Waals surface area (Å²) in [5, 5.41) is 3.64. The molecule has 0 aliphatic carbocycles. The summed E-state index contributed by atoms with van der Waals surface area (Å²) in [4.78, 5) is 27.9. The fraction of sp³-hybridized carbons (Fsp3) is 0.0625. The van der Waals surface area contributed by atoms with Crippen LogP contribution < -0.4 is 16.2 Å². The van der Waals surface area contributed by atoms with Crippen molar-refractivity contribution >= 4 is 50.1 Å². The third kappa shape index (κ3) is 4.23. The van der Waals surface area contributed by atoms with E-state index in [4.69, 9.17) is 11.6 Å². The van der Waals surface area contributed by atoms with Gasteiger partial charge in [-0.2, -0.15) is 0 Å². The average molecular weight is 379 g/mol. The van der Waals surface area contributed by atoms with Gasteiger partial charge in [-0.05, 0) is 30.3 Å². The number of hydrogen-bond acceptors (Lipinski definition) is 5. The summed E-state index contributed by atoms with van der Waals surface area (Å²) in [6.07, 6.45) is 0. The Hall–Kier alpha value is -2.71. The minimum atomic E-state index is -0.775. The van der Waals surface area contributed by atoms with Crippen LogP contribution in [0.25, 0.3) is 10.2 Å². The van der Waals surface area contributed by atoms with Crippen molar-refractivity contribution < 1.29 is 14.0 Å². The molecule has 6 nitrogen and oxygen atoms in total. The number of aromatic nitrogens is 1. The Morgan fingerprint density at radius 1 is 1.16 bits per heavy atom. The molecule has 0 radical (unpaired) electrons. The standard InChI is InChI=1S/C16H12ClFN4O2S/c17-9-5-6-10(11(18)7-9)15(24)22-21-14(23)8-19-16-20-12-3-1-2-4-13(12)25-16/h1-7H,8H2,(H,19,20)(H,21,23)(H,22,24). The number of hydrogen-bond donors (Lipinski definition) is 3. The van der Waals surface area contributed by atoms with E-state index in [1.807, 2.05) is 24.3 Å². The highest BCUT2D eigenvalue weighted by molar-refractivity contribution is 7.22. The maximum Gasteiger partial charge on any atom is 0.272 e. The van der Waals surface area contributed by atoms with E-state index >= 15 is 0 Å². The van der Waals surface area contributed by atoms with Crippen LogP contribution in [0.2, 0.25) is 5.02 Å². The number of rotatable bonds is 4. The molecule has 3 aromatic rings. The van der Waals surface area contributed by atoms with Crippen LogP contribution in [0, 0.1) is 5.82 Å². The van der Waals surface area contributed by atoms with Crippen molar-refractivity contribution in [3.63, 3.8) is 0 Å². The summed E-state index contributed by atoms with van der Waals surface area (Å²) in [6.45, 7) is -0.0940. The molecule has 25 heavy (non-hydrogen) atoms. The first-order valence-corrected chi connectivity index (χ1v) is 8.36. The summed E-state index contributed by atoms with van der Waals surface area (Å²) < 4.78 is 14.6. The van der Waals surface area contributed by atoms with E-state index in [2.05, 4.69) is 21.2 Å². The van der Waals surface area contributed by atoms with Crippen LogP contribution in [0.4, 0.5) is 9.52 Å². The van der Waals surface area contributed by atoms with Crippen LogP contribution in [0.1, 0.15) is 10.4 Å². The molecule has 128 valence electrons. The number of carbonyl (C=O) groups excluding carboxylic acids is 2. The SMILES string of the molecule is O=C(CNc1nc2ccccc2s1)NNC(=O)c1ccc(Cl)cc1F. The van der Waals surface area contributed by atoms with Crippen LogP contribution in [0.15, 0.2) is 42.5 Å². The summed E-state index contributed by atoms with van der Waals surface area (Å²) in [5.41, 5.74) is 4.96. The van der Waals surface area contributed by atoms with Gasteiger partial charge in [0.1, 0.15) is 5.82 Å². The Labute approximate surface area is 151 Å². The predicted molar refractivity (Wildman–Crippen MR) is 95.1 cm³/mol. The molecule has 1 heterocycles. The molecule has 0 fully saturated rings. The van der Waals surface area contributed by atoms with Gasteiger partial charge in [0.05, 0.1) is 22.3 Å². The van der Waals surface area contributed by atoms with Crippen molar-refractivity contribution in [1.29, 1.82) is 0 Å². The molecular weight excluding hydrogens is 367 g/mol. The Morgan fingerprint density at radius 2 is 1.96 bits per heavy atom. The van der Waals surface area contributed by atoms with Gasteiger partial charge in [-0.25, -0.2) is 9.37 Å². The van der Waals surface area contributed by atoms with E-state index in [1.165, 1.54) is 23.5 Å². The van der Waals surface area contributed by atoms with Gasteiger partial charge in [0.2, 0.25) is 0 Å². The highest BCUT2D eigenvalue weighted by Crippen LogP contribution is 2.24. The van der Waals surface area contributed by atoms with Crippen LogP contribution in [0.3, 0.4) is 0 Å². The van der Waals surface area contributed by atoms with Crippen molar-refractivity contribution in [2.45, 2.75) is 0 Å². The summed E-state index contributed by atoms with van der Waals surface area (Å²) in [5.74, 6) is -2.05. The third-order valence-corrected chi connectivity index (χ3v) is 4.41. The number of carbonyl (C=O) groups is 2. The number of benzene rings is 2. The average Bonchev–Trinajstić information content (AvgIpc) is 3.01. The quantitative estimate of drug-likeness (QED) is 0.609. The first-order chi connectivity index (χ1) is 12.0. The van der Waals surface area contributed by atoms with E-state index in [1.54, 1.807) is 0 Å². The second kappa shape index (κ2) is 7.45. The predicted octanol–water partition coefficient (Wildman–Crippen LogP) is 2.96. The smallest absolute Gasteiger partial charge is 0.272 e. The van der Waals surface area contributed by atoms with Gasteiger partial charge >= 0.3 is 0 Å². The lowest BCUT2D eigenvalue weighted by atomic mass is 10.2. The van der Waals surface area contributed by atoms with E-state index in [0.717, 1.165) is 16.3 Å². The minimum absolute atomic E-state index is 0.0940. The Kier molecular flexibility index (Phi) is 5.11. The van der Waals surface area contributed by atoms with Gasteiger partial charge in [-0.1, -0.05) is 35.1 Å². The molecule has 0 unspecified atom stereocenters. The fourth-order valence-corrected chi connectivity index (χ4v) is 3.04. The van der Waals surface area contributed by atoms with Gasteiger partial charge in [0.25, 0.3) is 11.8 Å². The monoisotopic (exact) mass is 378 g/mol. The molecule has 0 saturated carbocycles. The van der Waals surface area contributed by atoms with Crippen molar-refractivity contribution in [2.24, 2.45) is 0 Å². The lowest BCUT2D eigenvalue weighted by Crippen LogP contribution is -2.44. The van der Waals surface area contributed by atoms with Crippen LogP contribution in [-0.4, -0.2) is 23.3 Å².